The van der Waals surface area contributed by atoms with Crippen LogP contribution in [0.4, 0.5) is 0 Å². The second-order valence-corrected chi connectivity index (χ2v) is 7.41. The van der Waals surface area contributed by atoms with Gasteiger partial charge in [-0.05, 0) is 50.6 Å². The highest BCUT2D eigenvalue weighted by molar-refractivity contribution is 7.99. The smallest absolute Gasteiger partial charge is 0.165 e. The van der Waals surface area contributed by atoms with Crippen molar-refractivity contribution in [3.05, 3.63) is 47.7 Å². The summed E-state index contributed by atoms with van der Waals surface area (Å²) in [6.45, 7) is 3.96. The number of furan rings is 1. The Morgan fingerprint density at radius 3 is 2.74 bits per heavy atom. The van der Waals surface area contributed by atoms with E-state index in [4.69, 9.17) is 4.42 Å². The predicted molar refractivity (Wildman–Crippen MR) is 90.6 cm³/mol. The molecule has 0 radical (unpaired) electrons. The Labute approximate surface area is 141 Å². The monoisotopic (exact) mass is 333 g/mol. The van der Waals surface area contributed by atoms with Crippen molar-refractivity contribution in [1.82, 2.24) is 4.90 Å². The van der Waals surface area contributed by atoms with Crippen molar-refractivity contribution in [1.29, 1.82) is 0 Å². The molecule has 1 unspecified atom stereocenters. The number of rotatable bonds is 5. The van der Waals surface area contributed by atoms with Crippen LogP contribution in [0.1, 0.15) is 24.2 Å². The Hall–Kier alpha value is -1.27. The molecule has 2 N–H and O–H groups in total. The van der Waals surface area contributed by atoms with Crippen molar-refractivity contribution >= 4 is 11.8 Å². The van der Waals surface area contributed by atoms with Crippen molar-refractivity contribution in [2.75, 3.05) is 19.7 Å². The first kappa shape index (κ1) is 16.6. The fourth-order valence-electron chi connectivity index (χ4n) is 2.91. The van der Waals surface area contributed by atoms with Crippen LogP contribution in [0.25, 0.3) is 0 Å². The number of piperidine rings is 1. The lowest BCUT2D eigenvalue weighted by molar-refractivity contribution is -0.0698. The van der Waals surface area contributed by atoms with Gasteiger partial charge >= 0.3 is 0 Å². The average Bonchev–Trinajstić information content (AvgIpc) is 2.97. The van der Waals surface area contributed by atoms with Gasteiger partial charge in [-0.15, -0.1) is 0 Å². The molecule has 0 bridgehead atoms. The van der Waals surface area contributed by atoms with Crippen LogP contribution < -0.4 is 0 Å². The molecule has 5 heteroatoms. The van der Waals surface area contributed by atoms with E-state index in [-0.39, 0.29) is 6.61 Å². The maximum Gasteiger partial charge on any atom is 0.165 e. The van der Waals surface area contributed by atoms with E-state index >= 15 is 0 Å². The van der Waals surface area contributed by atoms with Crippen LogP contribution in [0.15, 0.2) is 50.8 Å². The standard InChI is InChI=1S/C18H23NO3S/c1-14-3-6-16(7-4-14)23-17-8-5-15(22-17)11-19-10-2-9-18(21,12-19)13-20/h3-8,20-21H,2,9-13H2,1H3. The Kier molecular flexibility index (Phi) is 5.11. The molecule has 4 nitrogen and oxygen atoms in total. The highest BCUT2D eigenvalue weighted by Gasteiger charge is 2.32. The van der Waals surface area contributed by atoms with Gasteiger partial charge < -0.3 is 14.6 Å². The van der Waals surface area contributed by atoms with Crippen LogP contribution in [-0.2, 0) is 6.54 Å². The normalized spacial score (nSPS) is 22.4. The van der Waals surface area contributed by atoms with Gasteiger partial charge in [-0.25, -0.2) is 0 Å². The zero-order chi connectivity index (χ0) is 16.3. The van der Waals surface area contributed by atoms with Gasteiger partial charge in [0, 0.05) is 11.4 Å². The van der Waals surface area contributed by atoms with E-state index < -0.39 is 5.60 Å². The molecule has 1 aromatic carbocycles. The van der Waals surface area contributed by atoms with Crippen LogP contribution in [-0.4, -0.2) is 40.4 Å². The van der Waals surface area contributed by atoms with Gasteiger partial charge in [0.05, 0.1) is 13.2 Å². The molecule has 1 aliphatic heterocycles. The van der Waals surface area contributed by atoms with E-state index in [1.807, 2.05) is 12.1 Å². The fraction of sp³-hybridized carbons (Fsp3) is 0.444. The molecular weight excluding hydrogens is 310 g/mol. The molecule has 0 spiro atoms. The van der Waals surface area contributed by atoms with Crippen LogP contribution in [0.2, 0.25) is 0 Å². The van der Waals surface area contributed by atoms with Gasteiger partial charge in [0.15, 0.2) is 5.09 Å². The summed E-state index contributed by atoms with van der Waals surface area (Å²) >= 11 is 1.61. The van der Waals surface area contributed by atoms with Crippen LogP contribution in [0.5, 0.6) is 0 Å². The molecule has 0 aliphatic carbocycles. The Morgan fingerprint density at radius 2 is 2.00 bits per heavy atom. The topological polar surface area (TPSA) is 56.8 Å². The van der Waals surface area contributed by atoms with Gasteiger partial charge in [-0.1, -0.05) is 29.5 Å². The van der Waals surface area contributed by atoms with Crippen molar-refractivity contribution in [2.45, 2.75) is 41.9 Å². The summed E-state index contributed by atoms with van der Waals surface area (Å²) in [5, 5.41) is 20.4. The van der Waals surface area contributed by atoms with Crippen molar-refractivity contribution in [2.24, 2.45) is 0 Å². The Balaban J connectivity index is 1.60. The van der Waals surface area contributed by atoms with E-state index in [0.29, 0.717) is 19.5 Å². The van der Waals surface area contributed by atoms with Crippen molar-refractivity contribution in [3.63, 3.8) is 0 Å². The molecular formula is C18H23NO3S. The van der Waals surface area contributed by atoms with Gasteiger partial charge in [0.1, 0.15) is 11.4 Å². The van der Waals surface area contributed by atoms with E-state index in [0.717, 1.165) is 28.7 Å². The maximum atomic E-state index is 10.2. The summed E-state index contributed by atoms with van der Waals surface area (Å²) in [5.74, 6) is 0.891. The predicted octanol–water partition coefficient (Wildman–Crippen LogP) is 3.06. The number of likely N-dealkylation sites (tertiary alicyclic amines) is 1. The molecule has 124 valence electrons. The summed E-state index contributed by atoms with van der Waals surface area (Å²) in [6, 6.07) is 12.3. The lowest BCUT2D eigenvalue weighted by Gasteiger charge is -2.37. The largest absolute Gasteiger partial charge is 0.453 e. The first-order valence-corrected chi connectivity index (χ1v) is 8.77. The van der Waals surface area contributed by atoms with Crippen LogP contribution in [0.3, 0.4) is 0 Å². The highest BCUT2D eigenvalue weighted by Crippen LogP contribution is 2.30. The average molecular weight is 333 g/mol. The molecule has 0 saturated carbocycles. The molecule has 3 rings (SSSR count). The number of aryl methyl sites for hydroxylation is 1. The zero-order valence-corrected chi connectivity index (χ0v) is 14.2. The summed E-state index contributed by atoms with van der Waals surface area (Å²) < 4.78 is 5.90. The highest BCUT2D eigenvalue weighted by atomic mass is 32.2. The van der Waals surface area contributed by atoms with Crippen LogP contribution in [0, 0.1) is 6.92 Å². The fourth-order valence-corrected chi connectivity index (χ4v) is 3.70. The number of aliphatic hydroxyl groups excluding tert-OH is 1. The minimum absolute atomic E-state index is 0.184. The Bertz CT molecular complexity index is 640. The second kappa shape index (κ2) is 7.09. The Morgan fingerprint density at radius 1 is 1.22 bits per heavy atom. The zero-order valence-electron chi connectivity index (χ0n) is 13.4. The molecule has 1 saturated heterocycles. The molecule has 1 aliphatic rings. The third-order valence-corrected chi connectivity index (χ3v) is 5.11. The van der Waals surface area contributed by atoms with Gasteiger partial charge in [0.25, 0.3) is 0 Å². The number of β-amino-alcohol motifs (C(OH)–C–C–N with tert-alkyl or cyclic N) is 1. The lowest BCUT2D eigenvalue weighted by Crippen LogP contribution is -2.49. The third kappa shape index (κ3) is 4.38. The number of aliphatic hydroxyl groups is 2. The van der Waals surface area contributed by atoms with Gasteiger partial charge in [-0.3, -0.25) is 4.90 Å². The maximum absolute atomic E-state index is 10.2. The SMILES string of the molecule is Cc1ccc(Sc2ccc(CN3CCCC(O)(CO)C3)o2)cc1. The van der Waals surface area contributed by atoms with E-state index in [1.165, 1.54) is 5.56 Å². The summed E-state index contributed by atoms with van der Waals surface area (Å²) in [6.07, 6.45) is 1.55. The van der Waals surface area contributed by atoms with Crippen molar-refractivity contribution < 1.29 is 14.6 Å². The quantitative estimate of drug-likeness (QED) is 0.881. The first-order chi connectivity index (χ1) is 11.1. The lowest BCUT2D eigenvalue weighted by atomic mass is 9.94. The first-order valence-electron chi connectivity index (χ1n) is 7.95. The number of hydrogen-bond donors (Lipinski definition) is 2. The molecule has 1 atom stereocenters. The third-order valence-electron chi connectivity index (χ3n) is 4.18. The summed E-state index contributed by atoms with van der Waals surface area (Å²) in [7, 11) is 0. The minimum atomic E-state index is -0.968. The number of nitrogens with zero attached hydrogens (tertiary/aromatic N) is 1. The molecule has 2 aromatic rings. The number of benzene rings is 1. The molecule has 1 aromatic heterocycles. The minimum Gasteiger partial charge on any atom is -0.453 e. The molecule has 0 amide bonds. The second-order valence-electron chi connectivity index (χ2n) is 6.33. The van der Waals surface area contributed by atoms with Gasteiger partial charge in [-0.2, -0.15) is 0 Å². The summed E-state index contributed by atoms with van der Waals surface area (Å²) in [4.78, 5) is 3.29. The van der Waals surface area contributed by atoms with E-state index in [9.17, 15) is 10.2 Å². The van der Waals surface area contributed by atoms with Crippen molar-refractivity contribution in [3.8, 4) is 0 Å². The molecule has 23 heavy (non-hydrogen) atoms. The molecule has 1 fully saturated rings. The van der Waals surface area contributed by atoms with Crippen LogP contribution >= 0.6 is 11.8 Å². The molecule has 2 heterocycles. The number of hydrogen-bond acceptors (Lipinski definition) is 5. The van der Waals surface area contributed by atoms with E-state index in [1.54, 1.807) is 11.8 Å². The summed E-state index contributed by atoms with van der Waals surface area (Å²) in [5.41, 5.74) is 0.278. The van der Waals surface area contributed by atoms with E-state index in [2.05, 4.69) is 36.1 Å². The van der Waals surface area contributed by atoms with Gasteiger partial charge in [0.2, 0.25) is 0 Å².